The van der Waals surface area contributed by atoms with E-state index in [-0.39, 0.29) is 29.6 Å². The second-order valence-corrected chi connectivity index (χ2v) is 12.0. The number of unbranched alkanes of at least 4 members (excludes halogenated alkanes) is 1. The summed E-state index contributed by atoms with van der Waals surface area (Å²) in [5.74, 6) is -1.62. The molecule has 7 nitrogen and oxygen atoms in total. The predicted octanol–water partition coefficient (Wildman–Crippen LogP) is 5.11. The van der Waals surface area contributed by atoms with Crippen molar-refractivity contribution >= 4 is 39.1 Å². The molecule has 0 aliphatic heterocycles. The van der Waals surface area contributed by atoms with Gasteiger partial charge in [-0.3, -0.25) is 13.9 Å². The van der Waals surface area contributed by atoms with E-state index in [0.717, 1.165) is 52.2 Å². The van der Waals surface area contributed by atoms with Crippen LogP contribution in [0.15, 0.2) is 72.8 Å². The Bertz CT molecular complexity index is 1420. The molecule has 3 aromatic carbocycles. The van der Waals surface area contributed by atoms with Crippen molar-refractivity contribution in [2.45, 2.75) is 45.7 Å². The topological polar surface area (TPSA) is 86.8 Å². The summed E-state index contributed by atoms with van der Waals surface area (Å²) in [6.45, 7) is 3.89. The van der Waals surface area contributed by atoms with Gasteiger partial charge in [0.2, 0.25) is 21.8 Å². The molecule has 0 spiro atoms. The zero-order chi connectivity index (χ0) is 29.3. The van der Waals surface area contributed by atoms with Gasteiger partial charge in [-0.2, -0.15) is 0 Å². The molecule has 0 bridgehead atoms. The van der Waals surface area contributed by atoms with E-state index < -0.39 is 34.3 Å². The molecule has 0 aromatic heterocycles. The van der Waals surface area contributed by atoms with E-state index in [9.17, 15) is 22.4 Å². The number of hydrogen-bond acceptors (Lipinski definition) is 4. The molecule has 40 heavy (non-hydrogen) atoms. The minimum Gasteiger partial charge on any atom is -0.354 e. The van der Waals surface area contributed by atoms with Gasteiger partial charge in [-0.15, -0.1) is 0 Å². The van der Waals surface area contributed by atoms with Crippen LogP contribution in [0, 0.1) is 12.7 Å². The van der Waals surface area contributed by atoms with Crippen LogP contribution < -0.4 is 9.62 Å². The van der Waals surface area contributed by atoms with Crippen molar-refractivity contribution in [3.05, 3.63) is 100 Å². The van der Waals surface area contributed by atoms with Crippen molar-refractivity contribution in [1.29, 1.82) is 0 Å². The van der Waals surface area contributed by atoms with E-state index in [1.54, 1.807) is 0 Å². The number of benzene rings is 3. The lowest BCUT2D eigenvalue weighted by molar-refractivity contribution is -0.140. The Morgan fingerprint density at radius 3 is 2.33 bits per heavy atom. The van der Waals surface area contributed by atoms with E-state index in [1.807, 2.05) is 68.4 Å². The smallest absolute Gasteiger partial charge is 0.244 e. The van der Waals surface area contributed by atoms with E-state index in [1.165, 1.54) is 11.0 Å². The van der Waals surface area contributed by atoms with Crippen molar-refractivity contribution < 1.29 is 22.4 Å². The zero-order valence-corrected chi connectivity index (χ0v) is 24.5. The summed E-state index contributed by atoms with van der Waals surface area (Å²) in [4.78, 5) is 29.0. The summed E-state index contributed by atoms with van der Waals surface area (Å²) in [6, 6.07) is 19.5. The first-order valence-electron chi connectivity index (χ1n) is 13.1. The Morgan fingerprint density at radius 1 is 1.00 bits per heavy atom. The van der Waals surface area contributed by atoms with Crippen molar-refractivity contribution in [3.8, 4) is 0 Å². The normalized spacial score (nSPS) is 12.0. The number of anilines is 1. The number of nitrogens with zero attached hydrogens (tertiary/aromatic N) is 2. The Morgan fingerprint density at radius 2 is 1.70 bits per heavy atom. The van der Waals surface area contributed by atoms with Crippen LogP contribution in [0.3, 0.4) is 0 Å². The molecule has 0 saturated heterocycles. The highest BCUT2D eigenvalue weighted by molar-refractivity contribution is 7.92. The standard InChI is InChI=1S/C30H35ClFN3O4S/c1-4-5-16-33-30(37)28(18-23-11-7-6-8-12-23)34(20-24-13-9-10-22(2)17-24)29(36)21-35(40(3,38)39)25-14-15-27(32)26(31)19-25/h6-15,17,19,28H,4-5,16,18,20-21H2,1-3H3,(H,33,37)/t28-/m0/s1. The molecule has 2 amide bonds. The lowest BCUT2D eigenvalue weighted by Gasteiger charge is -2.33. The average molecular weight is 588 g/mol. The van der Waals surface area contributed by atoms with Crippen molar-refractivity contribution in [3.63, 3.8) is 0 Å². The van der Waals surface area contributed by atoms with E-state index in [0.29, 0.717) is 6.54 Å². The van der Waals surface area contributed by atoms with Crippen molar-refractivity contribution in [2.75, 3.05) is 23.7 Å². The summed E-state index contributed by atoms with van der Waals surface area (Å²) in [5.41, 5.74) is 2.68. The fourth-order valence-corrected chi connectivity index (χ4v) is 5.34. The first-order chi connectivity index (χ1) is 19.0. The number of hydrogen-bond donors (Lipinski definition) is 1. The Balaban J connectivity index is 2.04. The van der Waals surface area contributed by atoms with Gasteiger partial charge >= 0.3 is 0 Å². The monoisotopic (exact) mass is 587 g/mol. The van der Waals surface area contributed by atoms with Crippen LogP contribution in [0.5, 0.6) is 0 Å². The fraction of sp³-hybridized carbons (Fsp3) is 0.333. The van der Waals surface area contributed by atoms with Gasteiger partial charge in [0.25, 0.3) is 0 Å². The molecule has 0 aliphatic carbocycles. The van der Waals surface area contributed by atoms with E-state index in [2.05, 4.69) is 5.32 Å². The summed E-state index contributed by atoms with van der Waals surface area (Å²) < 4.78 is 40.3. The Labute approximate surface area is 241 Å². The molecule has 1 N–H and O–H groups in total. The number of carbonyl (C=O) groups is 2. The van der Waals surface area contributed by atoms with Gasteiger partial charge in [-0.1, -0.05) is 85.1 Å². The highest BCUT2D eigenvalue weighted by atomic mass is 35.5. The van der Waals surface area contributed by atoms with Crippen LogP contribution in [-0.4, -0.2) is 50.5 Å². The molecule has 1 atom stereocenters. The minimum absolute atomic E-state index is 0.0461. The molecule has 0 fully saturated rings. The van der Waals surface area contributed by atoms with E-state index in [4.69, 9.17) is 11.6 Å². The maximum Gasteiger partial charge on any atom is 0.244 e. The number of rotatable bonds is 13. The first-order valence-corrected chi connectivity index (χ1v) is 15.3. The van der Waals surface area contributed by atoms with Gasteiger partial charge in [0, 0.05) is 19.5 Å². The molecule has 0 radical (unpaired) electrons. The number of nitrogens with one attached hydrogen (secondary N) is 1. The lowest BCUT2D eigenvalue weighted by Crippen LogP contribution is -2.53. The molecule has 0 saturated carbocycles. The van der Waals surface area contributed by atoms with Crippen LogP contribution in [0.25, 0.3) is 0 Å². The van der Waals surface area contributed by atoms with Gasteiger partial charge < -0.3 is 10.2 Å². The third kappa shape index (κ3) is 8.79. The quantitative estimate of drug-likeness (QED) is 0.282. The summed E-state index contributed by atoms with van der Waals surface area (Å²) in [7, 11) is -3.97. The summed E-state index contributed by atoms with van der Waals surface area (Å²) in [5, 5.41) is 2.67. The number of halogens is 2. The highest BCUT2D eigenvalue weighted by Crippen LogP contribution is 2.25. The van der Waals surface area contributed by atoms with Crippen LogP contribution in [-0.2, 0) is 32.6 Å². The maximum atomic E-state index is 14.0. The Hall–Kier alpha value is -3.43. The summed E-state index contributed by atoms with van der Waals surface area (Å²) >= 11 is 5.93. The SMILES string of the molecule is CCCCNC(=O)[C@H](Cc1ccccc1)N(Cc1cccc(C)c1)C(=O)CN(c1ccc(F)c(Cl)c1)S(C)(=O)=O. The molecular weight excluding hydrogens is 553 g/mol. The number of aryl methyl sites for hydroxylation is 1. The van der Waals surface area contributed by atoms with Crippen LogP contribution in [0.1, 0.15) is 36.5 Å². The zero-order valence-electron chi connectivity index (χ0n) is 22.9. The molecule has 3 rings (SSSR count). The van der Waals surface area contributed by atoms with Gasteiger partial charge in [0.05, 0.1) is 17.0 Å². The third-order valence-corrected chi connectivity index (χ3v) is 7.84. The lowest BCUT2D eigenvalue weighted by atomic mass is 10.0. The molecule has 10 heteroatoms. The molecule has 3 aromatic rings. The number of sulfonamides is 1. The largest absolute Gasteiger partial charge is 0.354 e. The maximum absolute atomic E-state index is 14.0. The molecule has 0 heterocycles. The van der Waals surface area contributed by atoms with Crippen LogP contribution >= 0.6 is 11.6 Å². The van der Waals surface area contributed by atoms with Crippen LogP contribution in [0.4, 0.5) is 10.1 Å². The predicted molar refractivity (Wildman–Crippen MR) is 157 cm³/mol. The number of amides is 2. The first kappa shape index (κ1) is 31.1. The van der Waals surface area contributed by atoms with E-state index >= 15 is 0 Å². The van der Waals surface area contributed by atoms with Gasteiger partial charge in [-0.05, 0) is 42.7 Å². The molecular formula is C30H35ClFN3O4S. The van der Waals surface area contributed by atoms with Crippen molar-refractivity contribution in [2.24, 2.45) is 0 Å². The molecule has 0 unspecified atom stereocenters. The van der Waals surface area contributed by atoms with Gasteiger partial charge in [0.15, 0.2) is 0 Å². The Kier molecular flexibility index (Phi) is 11.1. The molecule has 0 aliphatic rings. The fourth-order valence-electron chi connectivity index (χ4n) is 4.32. The molecule has 214 valence electrons. The second kappa shape index (κ2) is 14.3. The summed E-state index contributed by atoms with van der Waals surface area (Å²) in [6.07, 6.45) is 2.86. The third-order valence-electron chi connectivity index (χ3n) is 6.41. The minimum atomic E-state index is -3.97. The number of carbonyl (C=O) groups excluding carboxylic acids is 2. The second-order valence-electron chi connectivity index (χ2n) is 9.73. The van der Waals surface area contributed by atoms with Crippen molar-refractivity contribution in [1.82, 2.24) is 10.2 Å². The average Bonchev–Trinajstić information content (AvgIpc) is 2.91. The van der Waals surface area contributed by atoms with Crippen LogP contribution in [0.2, 0.25) is 5.02 Å². The van der Waals surface area contributed by atoms with Gasteiger partial charge in [0.1, 0.15) is 18.4 Å². The van der Waals surface area contributed by atoms with Gasteiger partial charge in [-0.25, -0.2) is 12.8 Å². The highest BCUT2D eigenvalue weighted by Gasteiger charge is 2.33.